The van der Waals surface area contributed by atoms with Crippen LogP contribution in [-0.4, -0.2) is 6.15 Å². The average molecular weight is 540 g/mol. The van der Waals surface area contributed by atoms with Gasteiger partial charge >= 0.3 is 0 Å². The van der Waals surface area contributed by atoms with Gasteiger partial charge in [0, 0.05) is 5.56 Å². The van der Waals surface area contributed by atoms with Crippen LogP contribution in [0.1, 0.15) is 50.1 Å². The lowest BCUT2D eigenvalue weighted by Gasteiger charge is -2.48. The first-order valence-electron chi connectivity index (χ1n) is 14.8. The number of hydrogen-bond donors (Lipinski definition) is 1. The van der Waals surface area contributed by atoms with Crippen molar-refractivity contribution in [3.63, 3.8) is 0 Å². The van der Waals surface area contributed by atoms with Gasteiger partial charge < -0.3 is 5.73 Å². The Hall–Kier alpha value is -3.88. The van der Waals surface area contributed by atoms with E-state index >= 15 is 0 Å². The molecular weight excluding hydrogens is 493 g/mol. The topological polar surface area (TPSA) is 27.6 Å². The van der Waals surface area contributed by atoms with Gasteiger partial charge in [-0.15, -0.1) is 0 Å². The van der Waals surface area contributed by atoms with Crippen LogP contribution >= 0.6 is 0 Å². The SMILES string of the molecule is Cc1ccc([B-](c2ccc(C)cc2C)(c2ccc(C)cc2C)c2ccc(C)cc2C)c(C)c1.Cc1ccccc1[NH3+]. The molecule has 0 atom stereocenters. The molecule has 5 aromatic carbocycles. The molecule has 0 heterocycles. The zero-order chi connectivity index (χ0) is 29.9. The summed E-state index contributed by atoms with van der Waals surface area (Å²) in [7, 11) is 0. The Labute approximate surface area is 248 Å². The minimum atomic E-state index is -1.38. The van der Waals surface area contributed by atoms with Crippen molar-refractivity contribution in [3.05, 3.63) is 147 Å². The summed E-state index contributed by atoms with van der Waals surface area (Å²) < 4.78 is 0. The van der Waals surface area contributed by atoms with Crippen molar-refractivity contribution in [3.8, 4) is 0 Å². The van der Waals surface area contributed by atoms with E-state index in [2.05, 4.69) is 147 Å². The van der Waals surface area contributed by atoms with Crippen LogP contribution in [0.15, 0.2) is 97.1 Å². The van der Waals surface area contributed by atoms with Gasteiger partial charge in [0.05, 0.1) is 0 Å². The van der Waals surface area contributed by atoms with Gasteiger partial charge in [-0.3, -0.25) is 0 Å². The highest BCUT2D eigenvalue weighted by Crippen LogP contribution is 2.19. The summed E-state index contributed by atoms with van der Waals surface area (Å²) in [6.07, 6.45) is -1.38. The molecule has 0 bridgehead atoms. The predicted molar refractivity (Wildman–Crippen MR) is 182 cm³/mol. The largest absolute Gasteiger partial charge is 0.325 e. The summed E-state index contributed by atoms with van der Waals surface area (Å²) in [5.74, 6) is 0. The van der Waals surface area contributed by atoms with E-state index in [1.807, 2.05) is 18.2 Å². The summed E-state index contributed by atoms with van der Waals surface area (Å²) in [6, 6.07) is 36.2. The maximum absolute atomic E-state index is 3.82. The fraction of sp³-hybridized carbons (Fsp3) is 0.231. The van der Waals surface area contributed by atoms with Gasteiger partial charge in [-0.05, 0) is 68.4 Å². The van der Waals surface area contributed by atoms with Crippen LogP contribution in [0.4, 0.5) is 5.69 Å². The van der Waals surface area contributed by atoms with Gasteiger partial charge in [0.25, 0.3) is 0 Å². The Balaban J connectivity index is 0.000000417. The normalized spacial score (nSPS) is 11.2. The summed E-state index contributed by atoms with van der Waals surface area (Å²) >= 11 is 0. The average Bonchev–Trinajstić information content (AvgIpc) is 2.89. The molecule has 0 saturated heterocycles. The molecule has 0 aliphatic rings. The van der Waals surface area contributed by atoms with Crippen molar-refractivity contribution in [1.82, 2.24) is 0 Å². The van der Waals surface area contributed by atoms with Gasteiger partial charge in [-0.25, -0.2) is 0 Å². The molecule has 0 spiro atoms. The second-order valence-electron chi connectivity index (χ2n) is 12.2. The fourth-order valence-corrected chi connectivity index (χ4v) is 6.86. The predicted octanol–water partition coefficient (Wildman–Crippen LogP) is 6.40. The third-order valence-corrected chi connectivity index (χ3v) is 8.83. The number of benzene rings is 5. The standard InChI is InChI=1S/C32H36B.C7H9N/c1-21-9-13-29(25(5)17-21)33(30-14-10-22(2)18-26(30)6,31-15-11-23(3)19-27(31)7)32-16-12-24(4)20-28(32)8;1-6-4-2-3-5-7(6)8/h9-20H,1-8H3;2-5H,8H2,1H3/q-1;/p+1. The second kappa shape index (κ2) is 12.3. The van der Waals surface area contributed by atoms with E-state index in [1.165, 1.54) is 71.9 Å². The lowest BCUT2D eigenvalue weighted by molar-refractivity contribution is -0.255. The summed E-state index contributed by atoms with van der Waals surface area (Å²) in [4.78, 5) is 0. The van der Waals surface area contributed by atoms with Gasteiger partial charge in [0.2, 0.25) is 0 Å². The Morgan fingerprint density at radius 3 is 0.878 bits per heavy atom. The fourth-order valence-electron chi connectivity index (χ4n) is 6.86. The highest BCUT2D eigenvalue weighted by molar-refractivity contribution is 7.20. The van der Waals surface area contributed by atoms with Crippen LogP contribution in [0.3, 0.4) is 0 Å². The lowest BCUT2D eigenvalue weighted by atomic mass is 9.11. The van der Waals surface area contributed by atoms with E-state index in [4.69, 9.17) is 0 Å². The Bertz CT molecular complexity index is 1460. The molecule has 41 heavy (non-hydrogen) atoms. The van der Waals surface area contributed by atoms with E-state index in [0.29, 0.717) is 0 Å². The molecule has 210 valence electrons. The monoisotopic (exact) mass is 539 g/mol. The van der Waals surface area contributed by atoms with Crippen LogP contribution in [0.2, 0.25) is 0 Å². The molecule has 5 aromatic rings. The van der Waals surface area contributed by atoms with Crippen molar-refractivity contribution in [2.75, 3.05) is 0 Å². The highest BCUT2D eigenvalue weighted by Gasteiger charge is 2.35. The third-order valence-electron chi connectivity index (χ3n) is 8.83. The van der Waals surface area contributed by atoms with Crippen molar-refractivity contribution < 1.29 is 5.73 Å². The summed E-state index contributed by atoms with van der Waals surface area (Å²) in [5.41, 5.74) is 22.5. The van der Waals surface area contributed by atoms with Gasteiger partial charge in [-0.1, -0.05) is 136 Å². The maximum Gasteiger partial charge on any atom is 0.130 e. The molecular formula is C39H46BN. The van der Waals surface area contributed by atoms with Gasteiger partial charge in [0.15, 0.2) is 0 Å². The first-order valence-corrected chi connectivity index (χ1v) is 14.8. The van der Waals surface area contributed by atoms with Crippen molar-refractivity contribution >= 4 is 33.7 Å². The molecule has 1 nitrogen and oxygen atoms in total. The maximum atomic E-state index is 3.82. The van der Waals surface area contributed by atoms with Crippen LogP contribution in [0.25, 0.3) is 0 Å². The molecule has 0 unspecified atom stereocenters. The minimum absolute atomic E-state index is 1.12. The first kappa shape index (κ1) is 30.1. The van der Waals surface area contributed by atoms with Gasteiger partial charge in [-0.2, -0.15) is 21.9 Å². The Kier molecular flexibility index (Phi) is 9.05. The molecule has 0 saturated carbocycles. The summed E-state index contributed by atoms with van der Waals surface area (Å²) in [6.45, 7) is 20.0. The van der Waals surface area contributed by atoms with Crippen LogP contribution in [0.5, 0.6) is 0 Å². The molecule has 0 fully saturated rings. The lowest BCUT2D eigenvalue weighted by Crippen LogP contribution is -2.76. The van der Waals surface area contributed by atoms with E-state index in [0.717, 1.165) is 5.69 Å². The van der Waals surface area contributed by atoms with E-state index < -0.39 is 6.15 Å². The molecule has 0 aromatic heterocycles. The zero-order valence-electron chi connectivity index (χ0n) is 26.5. The van der Waals surface area contributed by atoms with Crippen molar-refractivity contribution in [2.45, 2.75) is 62.3 Å². The smallest absolute Gasteiger partial charge is 0.130 e. The third kappa shape index (κ3) is 6.09. The molecule has 3 N–H and O–H groups in total. The molecule has 0 radical (unpaired) electrons. The Morgan fingerprint density at radius 1 is 0.366 bits per heavy atom. The number of quaternary nitrogens is 1. The molecule has 2 heteroatoms. The van der Waals surface area contributed by atoms with E-state index in [-0.39, 0.29) is 0 Å². The molecule has 0 aliphatic heterocycles. The summed E-state index contributed by atoms with van der Waals surface area (Å²) in [5, 5.41) is 0. The second-order valence-corrected chi connectivity index (χ2v) is 12.2. The van der Waals surface area contributed by atoms with E-state index in [9.17, 15) is 0 Å². The molecule has 5 rings (SSSR count). The van der Waals surface area contributed by atoms with E-state index in [1.54, 1.807) is 0 Å². The number of rotatable bonds is 4. The Morgan fingerprint density at radius 2 is 0.659 bits per heavy atom. The van der Waals surface area contributed by atoms with Crippen molar-refractivity contribution in [1.29, 1.82) is 0 Å². The zero-order valence-corrected chi connectivity index (χ0v) is 26.5. The first-order chi connectivity index (χ1) is 19.4. The van der Waals surface area contributed by atoms with Crippen LogP contribution in [-0.2, 0) is 0 Å². The quantitative estimate of drug-likeness (QED) is 0.256. The van der Waals surface area contributed by atoms with Crippen molar-refractivity contribution in [2.24, 2.45) is 0 Å². The highest BCUT2D eigenvalue weighted by atomic mass is 14.5. The van der Waals surface area contributed by atoms with Crippen LogP contribution in [0, 0.1) is 62.3 Å². The number of aryl methyl sites for hydroxylation is 9. The minimum Gasteiger partial charge on any atom is -0.325 e. The van der Waals surface area contributed by atoms with Crippen LogP contribution < -0.4 is 27.6 Å². The molecule has 0 amide bonds. The number of hydrogen-bond acceptors (Lipinski definition) is 0. The molecule has 0 aliphatic carbocycles. The van der Waals surface area contributed by atoms with Gasteiger partial charge in [0.1, 0.15) is 11.8 Å².